The maximum absolute atomic E-state index is 10.6. The molecule has 0 aliphatic rings. The Balaban J connectivity index is 2.58. The fourth-order valence-electron chi connectivity index (χ4n) is 1.74. The first-order valence-electron chi connectivity index (χ1n) is 6.16. The van der Waals surface area contributed by atoms with Gasteiger partial charge >= 0.3 is 0 Å². The summed E-state index contributed by atoms with van der Waals surface area (Å²) >= 11 is 0. The van der Waals surface area contributed by atoms with E-state index in [1.54, 1.807) is 0 Å². The zero-order valence-electron chi connectivity index (χ0n) is 10.5. The van der Waals surface area contributed by atoms with Crippen LogP contribution in [-0.2, 0) is 16.1 Å². The van der Waals surface area contributed by atoms with Crippen LogP contribution in [0.4, 0.5) is 0 Å². The van der Waals surface area contributed by atoms with Crippen molar-refractivity contribution < 1.29 is 19.7 Å². The third-order valence-electron chi connectivity index (χ3n) is 2.72. The molecule has 3 atom stereocenters. The summed E-state index contributed by atoms with van der Waals surface area (Å²) in [5.74, 6) is 0. The third-order valence-corrected chi connectivity index (χ3v) is 2.72. The number of aliphatic hydroxyl groups excluding tert-OH is 2. The molecule has 18 heavy (non-hydrogen) atoms. The van der Waals surface area contributed by atoms with E-state index in [4.69, 9.17) is 4.74 Å². The summed E-state index contributed by atoms with van der Waals surface area (Å²) < 4.78 is 5.46. The average Bonchev–Trinajstić information content (AvgIpc) is 2.40. The molecule has 0 fully saturated rings. The number of hydrogen-bond acceptors (Lipinski definition) is 4. The van der Waals surface area contributed by atoms with Crippen molar-refractivity contribution in [2.45, 2.75) is 44.7 Å². The molecule has 0 aromatic heterocycles. The van der Waals surface area contributed by atoms with Crippen LogP contribution in [-0.4, -0.2) is 34.8 Å². The molecule has 4 nitrogen and oxygen atoms in total. The molecule has 1 aromatic rings. The van der Waals surface area contributed by atoms with Crippen molar-refractivity contribution in [3.05, 3.63) is 35.9 Å². The van der Waals surface area contributed by atoms with Gasteiger partial charge in [-0.1, -0.05) is 43.7 Å². The zero-order chi connectivity index (χ0) is 13.4. The van der Waals surface area contributed by atoms with Gasteiger partial charge in [0.25, 0.3) is 0 Å². The van der Waals surface area contributed by atoms with Gasteiger partial charge in [0.15, 0.2) is 6.29 Å². The second kappa shape index (κ2) is 7.97. The van der Waals surface area contributed by atoms with Crippen LogP contribution in [0.15, 0.2) is 30.3 Å². The summed E-state index contributed by atoms with van der Waals surface area (Å²) in [5, 5.41) is 19.4. The molecule has 1 rings (SSSR count). The molecule has 0 saturated heterocycles. The number of aliphatic hydroxyl groups is 2. The second-order valence-corrected chi connectivity index (χ2v) is 4.24. The topological polar surface area (TPSA) is 66.8 Å². The van der Waals surface area contributed by atoms with Crippen molar-refractivity contribution in [2.24, 2.45) is 0 Å². The highest BCUT2D eigenvalue weighted by atomic mass is 16.5. The quantitative estimate of drug-likeness (QED) is 0.684. The van der Waals surface area contributed by atoms with E-state index in [9.17, 15) is 15.0 Å². The monoisotopic (exact) mass is 252 g/mol. The lowest BCUT2D eigenvalue weighted by Gasteiger charge is -2.24. The van der Waals surface area contributed by atoms with Crippen molar-refractivity contribution in [2.75, 3.05) is 0 Å². The number of hydrogen-bond donors (Lipinski definition) is 2. The SMILES string of the molecule is CCC[C@@H](O)[C@@H](OCc1ccccc1)[C@@H](O)C=O. The van der Waals surface area contributed by atoms with E-state index in [-0.39, 0.29) is 6.61 Å². The van der Waals surface area contributed by atoms with Gasteiger partial charge in [-0.15, -0.1) is 0 Å². The first kappa shape index (κ1) is 14.8. The molecule has 0 unspecified atom stereocenters. The minimum atomic E-state index is -1.30. The normalized spacial score (nSPS) is 15.9. The molecule has 0 heterocycles. The Hall–Kier alpha value is -1.23. The second-order valence-electron chi connectivity index (χ2n) is 4.24. The highest BCUT2D eigenvalue weighted by Gasteiger charge is 2.26. The Labute approximate surface area is 107 Å². The lowest BCUT2D eigenvalue weighted by Crippen LogP contribution is -2.40. The third kappa shape index (κ3) is 4.56. The van der Waals surface area contributed by atoms with Crippen LogP contribution in [0.3, 0.4) is 0 Å². The van der Waals surface area contributed by atoms with Gasteiger partial charge < -0.3 is 19.7 Å². The molecule has 2 N–H and O–H groups in total. The van der Waals surface area contributed by atoms with Crippen LogP contribution in [0.25, 0.3) is 0 Å². The lowest BCUT2D eigenvalue weighted by atomic mass is 10.0. The molecule has 0 amide bonds. The lowest BCUT2D eigenvalue weighted by molar-refractivity contribution is -0.136. The van der Waals surface area contributed by atoms with E-state index in [1.807, 2.05) is 37.3 Å². The van der Waals surface area contributed by atoms with Crippen LogP contribution in [0.5, 0.6) is 0 Å². The predicted molar refractivity (Wildman–Crippen MR) is 68.0 cm³/mol. The van der Waals surface area contributed by atoms with E-state index < -0.39 is 18.3 Å². The van der Waals surface area contributed by atoms with Crippen LogP contribution >= 0.6 is 0 Å². The minimum Gasteiger partial charge on any atom is -0.390 e. The Kier molecular flexibility index (Phi) is 6.57. The number of benzene rings is 1. The van der Waals surface area contributed by atoms with Crippen molar-refractivity contribution >= 4 is 6.29 Å². The first-order valence-corrected chi connectivity index (χ1v) is 6.16. The standard InChI is InChI=1S/C14H20O4/c1-2-6-12(16)14(13(17)9-15)18-10-11-7-4-3-5-8-11/h3-5,7-9,12-14,16-17H,2,6,10H2,1H3/t12-,13+,14-/m1/s1. The van der Waals surface area contributed by atoms with Crippen molar-refractivity contribution in [1.82, 2.24) is 0 Å². The van der Waals surface area contributed by atoms with Gasteiger partial charge in [0.1, 0.15) is 12.2 Å². The Morgan fingerprint density at radius 3 is 2.50 bits per heavy atom. The van der Waals surface area contributed by atoms with E-state index in [0.29, 0.717) is 12.7 Å². The Morgan fingerprint density at radius 2 is 1.94 bits per heavy atom. The molecule has 1 aromatic carbocycles. The van der Waals surface area contributed by atoms with Gasteiger partial charge in [-0.2, -0.15) is 0 Å². The van der Waals surface area contributed by atoms with E-state index in [0.717, 1.165) is 12.0 Å². The number of ether oxygens (including phenoxy) is 1. The Morgan fingerprint density at radius 1 is 1.28 bits per heavy atom. The maximum Gasteiger partial charge on any atom is 0.151 e. The van der Waals surface area contributed by atoms with Crippen LogP contribution in [0.1, 0.15) is 25.3 Å². The summed E-state index contributed by atoms with van der Waals surface area (Å²) in [4.78, 5) is 10.6. The molecule has 0 bridgehead atoms. The molecule has 0 spiro atoms. The molecule has 0 saturated carbocycles. The highest BCUT2D eigenvalue weighted by Crippen LogP contribution is 2.12. The highest BCUT2D eigenvalue weighted by molar-refractivity contribution is 5.56. The van der Waals surface area contributed by atoms with Gasteiger partial charge in [0.2, 0.25) is 0 Å². The van der Waals surface area contributed by atoms with Crippen LogP contribution < -0.4 is 0 Å². The van der Waals surface area contributed by atoms with Gasteiger partial charge in [-0.25, -0.2) is 0 Å². The van der Waals surface area contributed by atoms with Crippen molar-refractivity contribution in [1.29, 1.82) is 0 Å². The van der Waals surface area contributed by atoms with Gasteiger partial charge in [-0.05, 0) is 12.0 Å². The smallest absolute Gasteiger partial charge is 0.151 e. The molecule has 0 radical (unpaired) electrons. The van der Waals surface area contributed by atoms with Crippen molar-refractivity contribution in [3.8, 4) is 0 Å². The van der Waals surface area contributed by atoms with Gasteiger partial charge in [-0.3, -0.25) is 0 Å². The zero-order valence-corrected chi connectivity index (χ0v) is 10.5. The Bertz CT molecular complexity index is 339. The van der Waals surface area contributed by atoms with E-state index in [2.05, 4.69) is 0 Å². The number of aldehydes is 1. The predicted octanol–water partition coefficient (Wildman–Crippen LogP) is 1.29. The minimum absolute atomic E-state index is 0.261. The largest absolute Gasteiger partial charge is 0.390 e. The summed E-state index contributed by atoms with van der Waals surface area (Å²) in [6, 6.07) is 9.43. The molecule has 100 valence electrons. The summed E-state index contributed by atoms with van der Waals surface area (Å²) in [6.07, 6.45) is -1.35. The summed E-state index contributed by atoms with van der Waals surface area (Å²) in [7, 11) is 0. The maximum atomic E-state index is 10.6. The molecule has 4 heteroatoms. The van der Waals surface area contributed by atoms with Crippen molar-refractivity contribution in [3.63, 3.8) is 0 Å². The molecule has 0 aliphatic heterocycles. The fraction of sp³-hybridized carbons (Fsp3) is 0.500. The average molecular weight is 252 g/mol. The number of rotatable bonds is 8. The number of carbonyl (C=O) groups excluding carboxylic acids is 1. The van der Waals surface area contributed by atoms with Crippen LogP contribution in [0.2, 0.25) is 0 Å². The summed E-state index contributed by atoms with van der Waals surface area (Å²) in [6.45, 7) is 2.18. The number of carbonyl (C=O) groups is 1. The molecular weight excluding hydrogens is 232 g/mol. The van der Waals surface area contributed by atoms with E-state index in [1.165, 1.54) is 0 Å². The summed E-state index contributed by atoms with van der Waals surface area (Å²) in [5.41, 5.74) is 0.935. The van der Waals surface area contributed by atoms with Gasteiger partial charge in [0.05, 0.1) is 12.7 Å². The fourth-order valence-corrected chi connectivity index (χ4v) is 1.74. The van der Waals surface area contributed by atoms with E-state index >= 15 is 0 Å². The first-order chi connectivity index (χ1) is 8.69. The van der Waals surface area contributed by atoms with Crippen LogP contribution in [0, 0.1) is 0 Å². The molecule has 0 aliphatic carbocycles. The molecular formula is C14H20O4. The van der Waals surface area contributed by atoms with Gasteiger partial charge in [0, 0.05) is 0 Å².